The summed E-state index contributed by atoms with van der Waals surface area (Å²) in [6.45, 7) is 4.14. The molecule has 1 aromatic heterocycles. The number of halogens is 3. The van der Waals surface area contributed by atoms with Gasteiger partial charge in [-0.2, -0.15) is 18.4 Å². The van der Waals surface area contributed by atoms with Crippen molar-refractivity contribution in [1.82, 2.24) is 4.98 Å². The number of hydrogen-bond donors (Lipinski definition) is 0. The molecule has 4 aromatic rings. The standard InChI is InChI=1S/C26H19F3N2OS/c1-16-10-19(22-7-3-18(12-30)9-17(22)2)4-5-20(16)13-32-25-8-6-21(26(27,28)29)11-23(25)24-14-33-15-31-24/h3-11,14-15H,13H2,1-2H3. The lowest BCUT2D eigenvalue weighted by Gasteiger charge is -2.15. The summed E-state index contributed by atoms with van der Waals surface area (Å²) in [6.07, 6.45) is -4.45. The molecule has 33 heavy (non-hydrogen) atoms. The van der Waals surface area contributed by atoms with Gasteiger partial charge in [0.2, 0.25) is 0 Å². The van der Waals surface area contributed by atoms with E-state index in [1.165, 1.54) is 17.4 Å². The highest BCUT2D eigenvalue weighted by Gasteiger charge is 2.31. The first-order valence-electron chi connectivity index (χ1n) is 10.1. The minimum atomic E-state index is -4.45. The molecule has 0 aliphatic heterocycles. The predicted molar refractivity (Wildman–Crippen MR) is 123 cm³/mol. The van der Waals surface area contributed by atoms with Gasteiger partial charge in [-0.05, 0) is 72.0 Å². The van der Waals surface area contributed by atoms with Crippen LogP contribution >= 0.6 is 11.3 Å². The minimum Gasteiger partial charge on any atom is -0.488 e. The van der Waals surface area contributed by atoms with Crippen LogP contribution in [-0.4, -0.2) is 4.98 Å². The first-order valence-corrected chi connectivity index (χ1v) is 11.0. The highest BCUT2D eigenvalue weighted by Crippen LogP contribution is 2.37. The minimum absolute atomic E-state index is 0.209. The summed E-state index contributed by atoms with van der Waals surface area (Å²) in [5, 5.41) is 10.8. The maximum absolute atomic E-state index is 13.2. The number of ether oxygens (including phenoxy) is 1. The number of alkyl halides is 3. The predicted octanol–water partition coefficient (Wildman–Crippen LogP) is 7.56. The molecular formula is C26H19F3N2OS. The molecule has 0 saturated heterocycles. The van der Waals surface area contributed by atoms with Crippen LogP contribution in [0.1, 0.15) is 27.8 Å². The van der Waals surface area contributed by atoms with Gasteiger partial charge in [0.1, 0.15) is 12.4 Å². The van der Waals surface area contributed by atoms with E-state index in [-0.39, 0.29) is 6.61 Å². The van der Waals surface area contributed by atoms with Gasteiger partial charge in [0.15, 0.2) is 0 Å². The summed E-state index contributed by atoms with van der Waals surface area (Å²) in [5.41, 5.74) is 7.21. The molecule has 3 aromatic carbocycles. The number of nitrogens with zero attached hydrogens (tertiary/aromatic N) is 2. The van der Waals surface area contributed by atoms with Gasteiger partial charge in [-0.25, -0.2) is 4.98 Å². The molecule has 7 heteroatoms. The summed E-state index contributed by atoms with van der Waals surface area (Å²) in [7, 11) is 0. The maximum atomic E-state index is 13.2. The van der Waals surface area contributed by atoms with Crippen molar-refractivity contribution < 1.29 is 17.9 Å². The van der Waals surface area contributed by atoms with E-state index in [0.717, 1.165) is 39.9 Å². The first-order chi connectivity index (χ1) is 15.8. The summed E-state index contributed by atoms with van der Waals surface area (Å²) in [6, 6.07) is 17.1. The molecule has 0 spiro atoms. The van der Waals surface area contributed by atoms with Gasteiger partial charge in [-0.1, -0.05) is 24.3 Å². The van der Waals surface area contributed by atoms with Gasteiger partial charge in [-0.15, -0.1) is 11.3 Å². The normalized spacial score (nSPS) is 11.3. The van der Waals surface area contributed by atoms with Gasteiger partial charge in [0.25, 0.3) is 0 Å². The van der Waals surface area contributed by atoms with E-state index >= 15 is 0 Å². The van der Waals surface area contributed by atoms with E-state index in [1.807, 2.05) is 44.2 Å². The molecule has 0 unspecified atom stereocenters. The smallest absolute Gasteiger partial charge is 0.416 e. The number of benzene rings is 3. The Morgan fingerprint density at radius 2 is 1.79 bits per heavy atom. The Morgan fingerprint density at radius 1 is 0.970 bits per heavy atom. The number of hydrogen-bond acceptors (Lipinski definition) is 4. The van der Waals surface area contributed by atoms with Crippen LogP contribution in [0, 0.1) is 25.2 Å². The molecular weight excluding hydrogens is 445 g/mol. The van der Waals surface area contributed by atoms with Gasteiger partial charge in [0.05, 0.1) is 28.4 Å². The molecule has 0 radical (unpaired) electrons. The third-order valence-corrected chi connectivity index (χ3v) is 5.99. The van der Waals surface area contributed by atoms with E-state index in [0.29, 0.717) is 22.6 Å². The van der Waals surface area contributed by atoms with Crippen LogP contribution in [0.2, 0.25) is 0 Å². The number of nitriles is 1. The van der Waals surface area contributed by atoms with E-state index in [2.05, 4.69) is 11.1 Å². The third kappa shape index (κ3) is 4.91. The van der Waals surface area contributed by atoms with Gasteiger partial charge in [0, 0.05) is 10.9 Å². The maximum Gasteiger partial charge on any atom is 0.416 e. The highest BCUT2D eigenvalue weighted by atomic mass is 32.1. The summed E-state index contributed by atoms with van der Waals surface area (Å²) in [5.74, 6) is 0.348. The Bertz CT molecular complexity index is 1340. The van der Waals surface area contributed by atoms with Crippen molar-refractivity contribution in [2.24, 2.45) is 0 Å². The molecule has 3 nitrogen and oxygen atoms in total. The molecule has 0 bridgehead atoms. The van der Waals surface area contributed by atoms with E-state index in [4.69, 9.17) is 10.00 Å². The Labute approximate surface area is 193 Å². The van der Waals surface area contributed by atoms with Crippen LogP contribution in [0.4, 0.5) is 13.2 Å². The average Bonchev–Trinajstić information content (AvgIpc) is 3.32. The molecule has 0 amide bonds. The zero-order valence-corrected chi connectivity index (χ0v) is 18.7. The van der Waals surface area contributed by atoms with Crippen molar-refractivity contribution in [3.05, 3.63) is 93.3 Å². The molecule has 0 atom stereocenters. The Balaban J connectivity index is 1.59. The average molecular weight is 465 g/mol. The molecule has 1 heterocycles. The monoisotopic (exact) mass is 464 g/mol. The Hall–Kier alpha value is -3.63. The topological polar surface area (TPSA) is 45.9 Å². The number of aryl methyl sites for hydroxylation is 2. The van der Waals surface area contributed by atoms with Crippen molar-refractivity contribution in [3.63, 3.8) is 0 Å². The molecule has 0 fully saturated rings. The van der Waals surface area contributed by atoms with Crippen molar-refractivity contribution in [2.75, 3.05) is 0 Å². The lowest BCUT2D eigenvalue weighted by molar-refractivity contribution is -0.137. The van der Waals surface area contributed by atoms with Crippen LogP contribution in [-0.2, 0) is 12.8 Å². The quantitative estimate of drug-likeness (QED) is 0.306. The van der Waals surface area contributed by atoms with Gasteiger partial charge >= 0.3 is 6.18 Å². The van der Waals surface area contributed by atoms with Crippen LogP contribution < -0.4 is 4.74 Å². The zero-order valence-electron chi connectivity index (χ0n) is 17.9. The second-order valence-corrected chi connectivity index (χ2v) is 8.37. The molecule has 0 saturated carbocycles. The second-order valence-electron chi connectivity index (χ2n) is 7.65. The van der Waals surface area contributed by atoms with E-state index in [1.54, 1.807) is 17.0 Å². The largest absolute Gasteiger partial charge is 0.488 e. The van der Waals surface area contributed by atoms with Crippen LogP contribution in [0.15, 0.2) is 65.5 Å². The second kappa shape index (κ2) is 9.08. The van der Waals surface area contributed by atoms with Gasteiger partial charge < -0.3 is 4.74 Å². The van der Waals surface area contributed by atoms with Crippen molar-refractivity contribution in [3.8, 4) is 34.2 Å². The number of rotatable bonds is 5. The fourth-order valence-electron chi connectivity index (χ4n) is 3.62. The molecule has 0 N–H and O–H groups in total. The molecule has 166 valence electrons. The summed E-state index contributed by atoms with van der Waals surface area (Å²) in [4.78, 5) is 4.16. The van der Waals surface area contributed by atoms with Crippen molar-refractivity contribution in [1.29, 1.82) is 5.26 Å². The molecule has 0 aliphatic rings. The zero-order chi connectivity index (χ0) is 23.6. The van der Waals surface area contributed by atoms with Gasteiger partial charge in [-0.3, -0.25) is 0 Å². The number of thiazole rings is 1. The van der Waals surface area contributed by atoms with E-state index < -0.39 is 11.7 Å². The van der Waals surface area contributed by atoms with Crippen molar-refractivity contribution in [2.45, 2.75) is 26.6 Å². The lowest BCUT2D eigenvalue weighted by Crippen LogP contribution is -2.06. The Kier molecular flexibility index (Phi) is 6.21. The molecule has 4 rings (SSSR count). The SMILES string of the molecule is Cc1cc(-c2ccc(C#N)cc2C)ccc1COc1ccc(C(F)(F)F)cc1-c1cscn1. The van der Waals surface area contributed by atoms with Crippen LogP contribution in [0.3, 0.4) is 0 Å². The highest BCUT2D eigenvalue weighted by molar-refractivity contribution is 7.07. The van der Waals surface area contributed by atoms with Crippen LogP contribution in [0.25, 0.3) is 22.4 Å². The van der Waals surface area contributed by atoms with Crippen molar-refractivity contribution >= 4 is 11.3 Å². The fourth-order valence-corrected chi connectivity index (χ4v) is 4.17. The first kappa shape index (κ1) is 22.6. The van der Waals surface area contributed by atoms with Crippen LogP contribution in [0.5, 0.6) is 5.75 Å². The molecule has 0 aliphatic carbocycles. The van der Waals surface area contributed by atoms with E-state index in [9.17, 15) is 13.2 Å². The third-order valence-electron chi connectivity index (χ3n) is 5.41. The summed E-state index contributed by atoms with van der Waals surface area (Å²) < 4.78 is 45.6. The number of aromatic nitrogens is 1. The summed E-state index contributed by atoms with van der Waals surface area (Å²) >= 11 is 1.31. The fraction of sp³-hybridized carbons (Fsp3) is 0.154. The lowest BCUT2D eigenvalue weighted by atomic mass is 9.96. The Morgan fingerprint density at radius 3 is 2.42 bits per heavy atom.